The minimum absolute atomic E-state index is 0.102. The molecule has 0 spiro atoms. The molecule has 2 heterocycles. The van der Waals surface area contributed by atoms with Crippen LogP contribution in [0.2, 0.25) is 0 Å². The second-order valence-electron chi connectivity index (χ2n) is 7.39. The minimum Gasteiger partial charge on any atom is -0.318 e. The first kappa shape index (κ1) is 21.2. The summed E-state index contributed by atoms with van der Waals surface area (Å²) in [7, 11) is -1.38. The van der Waals surface area contributed by atoms with Crippen molar-refractivity contribution in [2.75, 3.05) is 13.3 Å². The van der Waals surface area contributed by atoms with Crippen molar-refractivity contribution in [1.29, 1.82) is 0 Å². The molecule has 0 N–H and O–H groups in total. The van der Waals surface area contributed by atoms with E-state index < -0.39 is 9.84 Å². The molecule has 0 bridgehead atoms. The van der Waals surface area contributed by atoms with Gasteiger partial charge in [0.05, 0.1) is 17.6 Å². The van der Waals surface area contributed by atoms with Crippen LogP contribution in [0.15, 0.2) is 66.1 Å². The zero-order valence-electron chi connectivity index (χ0n) is 17.2. The maximum atomic E-state index is 12.2. The molecule has 3 aromatic rings. The number of pyridine rings is 1. The van der Waals surface area contributed by atoms with Crippen LogP contribution in [0, 0.1) is 0 Å². The largest absolute Gasteiger partial charge is 0.318 e. The molecule has 1 unspecified atom stereocenters. The highest BCUT2D eigenvalue weighted by Crippen LogP contribution is 2.21. The van der Waals surface area contributed by atoms with Crippen molar-refractivity contribution < 1.29 is 8.42 Å². The van der Waals surface area contributed by atoms with Gasteiger partial charge in [-0.25, -0.2) is 13.4 Å². The number of benzene rings is 1. The van der Waals surface area contributed by atoms with E-state index in [0.29, 0.717) is 13.1 Å². The summed E-state index contributed by atoms with van der Waals surface area (Å²) in [6.07, 6.45) is 6.42. The predicted molar refractivity (Wildman–Crippen MR) is 114 cm³/mol. The van der Waals surface area contributed by atoms with E-state index in [1.165, 1.54) is 11.8 Å². The van der Waals surface area contributed by atoms with Crippen molar-refractivity contribution in [3.05, 3.63) is 77.9 Å². The van der Waals surface area contributed by atoms with Crippen LogP contribution in [-0.4, -0.2) is 41.2 Å². The van der Waals surface area contributed by atoms with Gasteiger partial charge in [-0.05, 0) is 44.5 Å². The van der Waals surface area contributed by atoms with E-state index in [0.717, 1.165) is 24.2 Å². The Bertz CT molecular complexity index is 1020. The molecule has 29 heavy (non-hydrogen) atoms. The Balaban J connectivity index is 1.76. The molecule has 2 aromatic heterocycles. The van der Waals surface area contributed by atoms with Crippen molar-refractivity contribution in [2.45, 2.75) is 44.1 Å². The number of aryl methyl sites for hydroxylation is 1. The molecule has 0 radical (unpaired) electrons. The fourth-order valence-electron chi connectivity index (χ4n) is 3.38. The maximum absolute atomic E-state index is 12.2. The van der Waals surface area contributed by atoms with Gasteiger partial charge < -0.3 is 4.57 Å². The molecule has 0 fully saturated rings. The molecule has 6 nitrogen and oxygen atoms in total. The average molecular weight is 413 g/mol. The van der Waals surface area contributed by atoms with E-state index in [1.54, 1.807) is 12.4 Å². The monoisotopic (exact) mass is 412 g/mol. The lowest BCUT2D eigenvalue weighted by atomic mass is 10.1. The van der Waals surface area contributed by atoms with E-state index in [-0.39, 0.29) is 11.2 Å². The van der Waals surface area contributed by atoms with Gasteiger partial charge in [0.2, 0.25) is 15.0 Å². The third kappa shape index (κ3) is 5.52. The molecular weight excluding hydrogens is 384 g/mol. The van der Waals surface area contributed by atoms with Crippen molar-refractivity contribution in [3.63, 3.8) is 0 Å². The summed E-state index contributed by atoms with van der Waals surface area (Å²) in [4.78, 5) is 10.8. The molecule has 1 atom stereocenters. The molecule has 7 heteroatoms. The predicted octanol–water partition coefficient (Wildman–Crippen LogP) is 3.51. The molecule has 1 aromatic carbocycles. The molecule has 0 aliphatic heterocycles. The van der Waals surface area contributed by atoms with Gasteiger partial charge in [-0.3, -0.25) is 9.88 Å². The Morgan fingerprint density at radius 1 is 1.07 bits per heavy atom. The maximum Gasteiger partial charge on any atom is 0.227 e. The highest BCUT2D eigenvalue weighted by atomic mass is 32.2. The number of imidazole rings is 1. The van der Waals surface area contributed by atoms with Gasteiger partial charge in [0.1, 0.15) is 0 Å². The first-order chi connectivity index (χ1) is 13.9. The van der Waals surface area contributed by atoms with Gasteiger partial charge >= 0.3 is 0 Å². The summed E-state index contributed by atoms with van der Waals surface area (Å²) >= 11 is 0. The Morgan fingerprint density at radius 2 is 1.79 bits per heavy atom. The summed E-state index contributed by atoms with van der Waals surface area (Å²) in [5.41, 5.74) is 3.12. The van der Waals surface area contributed by atoms with Crippen LogP contribution in [-0.2, 0) is 29.3 Å². The Hall–Kier alpha value is -2.51. The van der Waals surface area contributed by atoms with Gasteiger partial charge in [0.25, 0.3) is 0 Å². The summed E-state index contributed by atoms with van der Waals surface area (Å²) in [5, 5.41) is 0.138. The van der Waals surface area contributed by atoms with E-state index in [1.807, 2.05) is 48.0 Å². The fraction of sp³-hybridized carbons (Fsp3) is 0.364. The first-order valence-corrected chi connectivity index (χ1v) is 11.6. The van der Waals surface area contributed by atoms with Gasteiger partial charge in [0, 0.05) is 31.6 Å². The SMILES string of the molecule is CC(c1ccccn1)N(C)Cc1cnc(S(C)(=O)=O)n1CCCc1ccccc1. The topological polar surface area (TPSA) is 68.1 Å². The summed E-state index contributed by atoms with van der Waals surface area (Å²) in [5.74, 6) is 0. The standard InChI is InChI=1S/C22H28N4O2S/c1-18(21-13-7-8-14-23-21)25(2)17-20-16-24-22(29(3,27)28)26(20)15-9-12-19-10-5-4-6-11-19/h4-8,10-11,13-14,16,18H,9,12,15,17H2,1-3H3. The molecule has 0 saturated heterocycles. The van der Waals surface area contributed by atoms with Gasteiger partial charge in [-0.15, -0.1) is 0 Å². The fourth-order valence-corrected chi connectivity index (χ4v) is 4.23. The third-order valence-electron chi connectivity index (χ3n) is 5.11. The second kappa shape index (κ2) is 9.33. The van der Waals surface area contributed by atoms with E-state index >= 15 is 0 Å². The van der Waals surface area contributed by atoms with E-state index in [2.05, 4.69) is 33.9 Å². The van der Waals surface area contributed by atoms with Crippen molar-refractivity contribution >= 4 is 9.84 Å². The normalized spacial score (nSPS) is 13.0. The Kier molecular flexibility index (Phi) is 6.82. The molecule has 0 amide bonds. The average Bonchev–Trinajstić information content (AvgIpc) is 3.12. The van der Waals surface area contributed by atoms with Gasteiger partial charge in [0.15, 0.2) is 0 Å². The first-order valence-electron chi connectivity index (χ1n) is 9.76. The number of hydrogen-bond acceptors (Lipinski definition) is 5. The molecule has 0 aliphatic carbocycles. The zero-order chi connectivity index (χ0) is 20.9. The summed E-state index contributed by atoms with van der Waals surface area (Å²) in [6.45, 7) is 3.29. The lowest BCUT2D eigenvalue weighted by Gasteiger charge is -2.24. The van der Waals surface area contributed by atoms with Gasteiger partial charge in [-0.2, -0.15) is 0 Å². The highest BCUT2D eigenvalue weighted by molar-refractivity contribution is 7.90. The van der Waals surface area contributed by atoms with Crippen LogP contribution in [0.4, 0.5) is 0 Å². The third-order valence-corrected chi connectivity index (χ3v) is 6.10. The zero-order valence-corrected chi connectivity index (χ0v) is 18.0. The van der Waals surface area contributed by atoms with Crippen molar-refractivity contribution in [1.82, 2.24) is 19.4 Å². The number of sulfone groups is 1. The van der Waals surface area contributed by atoms with Crippen LogP contribution in [0.5, 0.6) is 0 Å². The molecule has 0 saturated carbocycles. The van der Waals surface area contributed by atoms with Crippen molar-refractivity contribution in [2.24, 2.45) is 0 Å². The van der Waals surface area contributed by atoms with Crippen LogP contribution in [0.3, 0.4) is 0 Å². The van der Waals surface area contributed by atoms with E-state index in [9.17, 15) is 8.42 Å². The quantitative estimate of drug-likeness (QED) is 0.538. The molecular formula is C22H28N4O2S. The second-order valence-corrected chi connectivity index (χ2v) is 9.30. The number of hydrogen-bond donors (Lipinski definition) is 0. The van der Waals surface area contributed by atoms with Crippen LogP contribution in [0.25, 0.3) is 0 Å². The van der Waals surface area contributed by atoms with Crippen molar-refractivity contribution in [3.8, 4) is 0 Å². The van der Waals surface area contributed by atoms with Crippen LogP contribution >= 0.6 is 0 Å². The number of rotatable bonds is 9. The minimum atomic E-state index is -3.39. The molecule has 154 valence electrons. The lowest BCUT2D eigenvalue weighted by Crippen LogP contribution is -2.24. The molecule has 0 aliphatic rings. The Labute approximate surface area is 173 Å². The van der Waals surface area contributed by atoms with Gasteiger partial charge in [-0.1, -0.05) is 36.4 Å². The van der Waals surface area contributed by atoms with Crippen LogP contribution < -0.4 is 0 Å². The number of aromatic nitrogens is 3. The Morgan fingerprint density at radius 3 is 2.45 bits per heavy atom. The summed E-state index contributed by atoms with van der Waals surface area (Å²) < 4.78 is 26.3. The highest BCUT2D eigenvalue weighted by Gasteiger charge is 2.21. The lowest BCUT2D eigenvalue weighted by molar-refractivity contribution is 0.241. The van der Waals surface area contributed by atoms with Crippen LogP contribution in [0.1, 0.15) is 36.3 Å². The van der Waals surface area contributed by atoms with E-state index in [4.69, 9.17) is 0 Å². The smallest absolute Gasteiger partial charge is 0.227 e. The molecule has 3 rings (SSSR count). The summed E-state index contributed by atoms with van der Waals surface area (Å²) in [6, 6.07) is 16.2. The number of nitrogens with zero attached hydrogens (tertiary/aromatic N) is 4.